The van der Waals surface area contributed by atoms with E-state index >= 15 is 0 Å². The summed E-state index contributed by atoms with van der Waals surface area (Å²) in [7, 11) is 0. The monoisotopic (exact) mass is 222 g/mol. The number of hydrogen-bond donors (Lipinski definition) is 2. The van der Waals surface area contributed by atoms with Crippen LogP contribution in [0.4, 0.5) is 8.78 Å². The highest BCUT2D eigenvalue weighted by Gasteiger charge is 2.38. The number of aromatic nitrogens is 1. The number of halogens is 2. The lowest BCUT2D eigenvalue weighted by Gasteiger charge is -2.10. The highest BCUT2D eigenvalue weighted by molar-refractivity contribution is 7.05. The second-order valence-corrected chi connectivity index (χ2v) is 3.51. The van der Waals surface area contributed by atoms with Crippen LogP contribution in [0, 0.1) is 0 Å². The normalized spacial score (nSPS) is 11.6. The summed E-state index contributed by atoms with van der Waals surface area (Å²) in [5.41, 5.74) is 0. The lowest BCUT2D eigenvalue weighted by molar-refractivity contribution is -0.164. The molecule has 0 fully saturated rings. The van der Waals surface area contributed by atoms with Gasteiger partial charge in [0.2, 0.25) is 0 Å². The predicted molar refractivity (Wildman–Crippen MR) is 46.4 cm³/mol. The number of nitrogens with zero attached hydrogens (tertiary/aromatic N) is 1. The van der Waals surface area contributed by atoms with Crippen molar-refractivity contribution in [2.75, 3.05) is 6.54 Å². The number of aliphatic carboxylic acids is 1. The van der Waals surface area contributed by atoms with Crippen LogP contribution in [0.3, 0.4) is 0 Å². The van der Waals surface area contributed by atoms with Crippen molar-refractivity contribution in [2.24, 2.45) is 0 Å². The van der Waals surface area contributed by atoms with E-state index in [0.717, 1.165) is 4.88 Å². The number of carboxylic acid groups (broad SMARTS) is 1. The smallest absolute Gasteiger partial charge is 0.375 e. The van der Waals surface area contributed by atoms with Crippen molar-refractivity contribution >= 4 is 17.5 Å². The molecule has 0 aliphatic heterocycles. The van der Waals surface area contributed by atoms with Gasteiger partial charge in [-0.2, -0.15) is 8.78 Å². The van der Waals surface area contributed by atoms with E-state index in [0.29, 0.717) is 0 Å². The highest BCUT2D eigenvalue weighted by Crippen LogP contribution is 2.12. The summed E-state index contributed by atoms with van der Waals surface area (Å²) in [6.07, 6.45) is 1.55. The molecule has 4 nitrogen and oxygen atoms in total. The minimum Gasteiger partial charge on any atom is -0.477 e. The molecule has 0 aliphatic rings. The number of rotatable bonds is 5. The minimum atomic E-state index is -3.72. The first kappa shape index (κ1) is 11.0. The molecule has 1 rings (SSSR count). The molecular formula is C7H8F2N2O2S. The summed E-state index contributed by atoms with van der Waals surface area (Å²) in [4.78, 5) is 10.8. The van der Waals surface area contributed by atoms with Gasteiger partial charge in [0, 0.05) is 17.6 Å². The maximum absolute atomic E-state index is 12.5. The molecule has 14 heavy (non-hydrogen) atoms. The van der Waals surface area contributed by atoms with Gasteiger partial charge in [0.05, 0.1) is 6.54 Å². The molecule has 0 amide bonds. The Labute approximate surface area is 82.7 Å². The van der Waals surface area contributed by atoms with E-state index in [4.69, 9.17) is 5.11 Å². The van der Waals surface area contributed by atoms with Crippen molar-refractivity contribution in [2.45, 2.75) is 12.5 Å². The fourth-order valence-electron chi connectivity index (χ4n) is 0.752. The van der Waals surface area contributed by atoms with E-state index < -0.39 is 18.4 Å². The largest absolute Gasteiger partial charge is 0.477 e. The molecule has 78 valence electrons. The van der Waals surface area contributed by atoms with E-state index in [2.05, 4.69) is 9.69 Å². The SMILES string of the molecule is O=C(O)C(F)(F)CNCc1ccns1. The Morgan fingerprint density at radius 2 is 2.43 bits per heavy atom. The summed E-state index contributed by atoms with van der Waals surface area (Å²) < 4.78 is 28.8. The Morgan fingerprint density at radius 3 is 2.93 bits per heavy atom. The molecule has 0 aromatic carbocycles. The van der Waals surface area contributed by atoms with Gasteiger partial charge in [-0.25, -0.2) is 9.17 Å². The Kier molecular flexibility index (Phi) is 3.48. The Morgan fingerprint density at radius 1 is 1.71 bits per heavy atom. The molecule has 1 heterocycles. The van der Waals surface area contributed by atoms with Crippen LogP contribution in [-0.2, 0) is 11.3 Å². The molecule has 0 aliphatic carbocycles. The maximum atomic E-state index is 12.5. The van der Waals surface area contributed by atoms with Crippen molar-refractivity contribution in [3.05, 3.63) is 17.1 Å². The first-order valence-electron chi connectivity index (χ1n) is 3.74. The quantitative estimate of drug-likeness (QED) is 0.778. The van der Waals surface area contributed by atoms with Gasteiger partial charge < -0.3 is 10.4 Å². The predicted octanol–water partition coefficient (Wildman–Crippen LogP) is 0.953. The molecule has 0 radical (unpaired) electrons. The standard InChI is InChI=1S/C7H8F2N2O2S/c8-7(9,6(12)13)4-10-3-5-1-2-11-14-5/h1-2,10H,3-4H2,(H,12,13). The number of carboxylic acids is 1. The van der Waals surface area contributed by atoms with Gasteiger partial charge in [0.25, 0.3) is 0 Å². The van der Waals surface area contributed by atoms with Crippen molar-refractivity contribution in [1.29, 1.82) is 0 Å². The van der Waals surface area contributed by atoms with Gasteiger partial charge in [0.15, 0.2) is 0 Å². The fourth-order valence-corrected chi connectivity index (χ4v) is 1.30. The number of carbonyl (C=O) groups is 1. The lowest BCUT2D eigenvalue weighted by Crippen LogP contribution is -2.39. The Balaban J connectivity index is 2.31. The van der Waals surface area contributed by atoms with Crippen molar-refractivity contribution in [3.63, 3.8) is 0 Å². The van der Waals surface area contributed by atoms with E-state index in [1.807, 2.05) is 0 Å². The van der Waals surface area contributed by atoms with Gasteiger partial charge >= 0.3 is 11.9 Å². The minimum absolute atomic E-state index is 0.202. The first-order chi connectivity index (χ1) is 6.52. The van der Waals surface area contributed by atoms with Crippen molar-refractivity contribution in [3.8, 4) is 0 Å². The van der Waals surface area contributed by atoms with Crippen LogP contribution in [0.2, 0.25) is 0 Å². The third-order valence-electron chi connectivity index (χ3n) is 1.45. The third-order valence-corrected chi connectivity index (χ3v) is 2.19. The average molecular weight is 222 g/mol. The number of alkyl halides is 2. The zero-order valence-corrected chi connectivity index (χ0v) is 7.85. The van der Waals surface area contributed by atoms with Crippen LogP contribution in [0.25, 0.3) is 0 Å². The molecule has 0 atom stereocenters. The summed E-state index contributed by atoms with van der Waals surface area (Å²) >= 11 is 1.18. The molecule has 1 aromatic heterocycles. The Hall–Kier alpha value is -1.08. The van der Waals surface area contributed by atoms with Gasteiger partial charge in [-0.3, -0.25) is 0 Å². The van der Waals surface area contributed by atoms with Crippen LogP contribution < -0.4 is 5.32 Å². The van der Waals surface area contributed by atoms with Gasteiger partial charge in [-0.1, -0.05) is 0 Å². The lowest BCUT2D eigenvalue weighted by atomic mass is 10.3. The van der Waals surface area contributed by atoms with Crippen LogP contribution in [0.5, 0.6) is 0 Å². The summed E-state index contributed by atoms with van der Waals surface area (Å²) in [5.74, 6) is -5.83. The first-order valence-corrected chi connectivity index (χ1v) is 4.51. The highest BCUT2D eigenvalue weighted by atomic mass is 32.1. The van der Waals surface area contributed by atoms with Crippen molar-refractivity contribution < 1.29 is 18.7 Å². The second-order valence-electron chi connectivity index (χ2n) is 2.59. The van der Waals surface area contributed by atoms with Crippen molar-refractivity contribution in [1.82, 2.24) is 9.69 Å². The van der Waals surface area contributed by atoms with E-state index in [1.165, 1.54) is 11.5 Å². The molecule has 0 bridgehead atoms. The zero-order chi connectivity index (χ0) is 10.6. The molecule has 1 aromatic rings. The fraction of sp³-hybridized carbons (Fsp3) is 0.429. The van der Waals surface area contributed by atoms with E-state index in [-0.39, 0.29) is 6.54 Å². The van der Waals surface area contributed by atoms with E-state index in [9.17, 15) is 13.6 Å². The van der Waals surface area contributed by atoms with E-state index in [1.54, 1.807) is 12.3 Å². The zero-order valence-electron chi connectivity index (χ0n) is 7.04. The molecule has 0 saturated carbocycles. The van der Waals surface area contributed by atoms with Crippen LogP contribution >= 0.6 is 11.5 Å². The number of hydrogen-bond acceptors (Lipinski definition) is 4. The molecular weight excluding hydrogens is 214 g/mol. The van der Waals surface area contributed by atoms with Crippen LogP contribution in [0.1, 0.15) is 4.88 Å². The molecule has 0 saturated heterocycles. The summed E-state index contributed by atoms with van der Waals surface area (Å²) in [5, 5.41) is 10.4. The summed E-state index contributed by atoms with van der Waals surface area (Å²) in [6.45, 7) is -0.673. The molecule has 0 unspecified atom stereocenters. The van der Waals surface area contributed by atoms with Gasteiger partial charge in [-0.15, -0.1) is 0 Å². The van der Waals surface area contributed by atoms with Crippen LogP contribution in [0.15, 0.2) is 12.3 Å². The summed E-state index contributed by atoms with van der Waals surface area (Å²) in [6, 6.07) is 1.68. The third kappa shape index (κ3) is 3.00. The molecule has 7 heteroatoms. The molecule has 0 spiro atoms. The molecule has 2 N–H and O–H groups in total. The van der Waals surface area contributed by atoms with Gasteiger partial charge in [0.1, 0.15) is 0 Å². The van der Waals surface area contributed by atoms with Gasteiger partial charge in [-0.05, 0) is 17.6 Å². The average Bonchev–Trinajstić information content (AvgIpc) is 2.56. The maximum Gasteiger partial charge on any atom is 0.375 e. The number of nitrogens with one attached hydrogen (secondary N) is 1. The Bertz CT molecular complexity index is 303. The second kappa shape index (κ2) is 4.43. The van der Waals surface area contributed by atoms with Crippen LogP contribution in [-0.4, -0.2) is 27.9 Å². The topological polar surface area (TPSA) is 62.2 Å².